The van der Waals surface area contributed by atoms with Gasteiger partial charge in [-0.1, -0.05) is 0 Å². The maximum absolute atomic E-state index is 13.3. The van der Waals surface area contributed by atoms with Crippen molar-refractivity contribution in [1.82, 2.24) is 0 Å². The van der Waals surface area contributed by atoms with Crippen LogP contribution in [0.15, 0.2) is 24.3 Å². The Kier molecular flexibility index (Phi) is 5.65. The lowest BCUT2D eigenvalue weighted by Gasteiger charge is -2.39. The third-order valence-electron chi connectivity index (χ3n) is 5.61. The van der Waals surface area contributed by atoms with E-state index >= 15 is 0 Å². The van der Waals surface area contributed by atoms with E-state index in [4.69, 9.17) is 14.2 Å². The molecule has 5 N–H and O–H groups in total. The summed E-state index contributed by atoms with van der Waals surface area (Å²) >= 11 is 0. The molecule has 0 saturated carbocycles. The second kappa shape index (κ2) is 8.15. The van der Waals surface area contributed by atoms with Gasteiger partial charge >= 0.3 is 0 Å². The number of fused-ring (bicyclic) bond motifs is 2. The quantitative estimate of drug-likeness (QED) is 0.358. The topological polar surface area (TPSA) is 163 Å². The molecule has 2 aliphatic rings. The molecule has 0 aromatic heterocycles. The number of aryl methyl sites for hydroxylation is 1. The highest BCUT2D eigenvalue weighted by Gasteiger charge is 2.45. The zero-order chi connectivity index (χ0) is 23.3. The summed E-state index contributed by atoms with van der Waals surface area (Å²) in [6, 6.07) is 5.51. The van der Waals surface area contributed by atoms with Crippen LogP contribution in [0.25, 0.3) is 0 Å². The highest BCUT2D eigenvalue weighted by atomic mass is 16.7. The first-order valence-electron chi connectivity index (χ1n) is 9.80. The highest BCUT2D eigenvalue weighted by molar-refractivity contribution is 6.30. The molecule has 2 unspecified atom stereocenters. The van der Waals surface area contributed by atoms with Gasteiger partial charge in [-0.3, -0.25) is 9.59 Å². The van der Waals surface area contributed by atoms with Crippen molar-refractivity contribution >= 4 is 11.6 Å². The standard InChI is InChI=1S/C22H22O10/c1-8-3-10-16(19(27)15-11(17(10)25)5-9(30-2)6-12(15)24)13(4-8)31-22-21(29)20(28)18(26)14(7-23)32-22/h3-6,14,18,20-24,26,28-29H,7H2,1-2H3/t14?,18-,20+,21?,22-/m1/s1. The minimum atomic E-state index is -1.71. The van der Waals surface area contributed by atoms with Gasteiger partial charge in [-0.05, 0) is 30.7 Å². The summed E-state index contributed by atoms with van der Waals surface area (Å²) in [5, 5.41) is 50.0. The maximum atomic E-state index is 13.3. The Morgan fingerprint density at radius 3 is 2.28 bits per heavy atom. The molecule has 0 amide bonds. The van der Waals surface area contributed by atoms with Crippen LogP contribution in [0.5, 0.6) is 17.2 Å². The predicted molar refractivity (Wildman–Crippen MR) is 107 cm³/mol. The number of carbonyl (C=O) groups excluding carboxylic acids is 2. The van der Waals surface area contributed by atoms with Gasteiger partial charge in [0.2, 0.25) is 12.1 Å². The van der Waals surface area contributed by atoms with Gasteiger partial charge in [-0.15, -0.1) is 0 Å². The van der Waals surface area contributed by atoms with Crippen molar-refractivity contribution in [2.75, 3.05) is 13.7 Å². The van der Waals surface area contributed by atoms with E-state index in [1.165, 1.54) is 31.4 Å². The fourth-order valence-corrected chi connectivity index (χ4v) is 3.96. The first kappa shape index (κ1) is 22.2. The molecule has 0 radical (unpaired) electrons. The van der Waals surface area contributed by atoms with Crippen LogP contribution in [0.3, 0.4) is 0 Å². The predicted octanol–water partition coefficient (Wildman–Crippen LogP) is -0.337. The lowest BCUT2D eigenvalue weighted by atomic mass is 9.82. The summed E-state index contributed by atoms with van der Waals surface area (Å²) in [6.45, 7) is 1.01. The van der Waals surface area contributed by atoms with Crippen molar-refractivity contribution in [3.63, 3.8) is 0 Å². The van der Waals surface area contributed by atoms with E-state index in [0.29, 0.717) is 5.56 Å². The zero-order valence-corrected chi connectivity index (χ0v) is 17.2. The molecule has 1 aliphatic carbocycles. The lowest BCUT2D eigenvalue weighted by Crippen LogP contribution is -2.60. The molecule has 170 valence electrons. The molecule has 0 spiro atoms. The van der Waals surface area contributed by atoms with Crippen LogP contribution >= 0.6 is 0 Å². The van der Waals surface area contributed by atoms with Gasteiger partial charge in [0.05, 0.1) is 24.8 Å². The van der Waals surface area contributed by atoms with Crippen LogP contribution in [0.4, 0.5) is 0 Å². The number of carbonyl (C=O) groups is 2. The largest absolute Gasteiger partial charge is 0.507 e. The van der Waals surface area contributed by atoms with E-state index in [1.807, 2.05) is 0 Å². The lowest BCUT2D eigenvalue weighted by molar-refractivity contribution is -0.277. The number of phenols is 1. The van der Waals surface area contributed by atoms with Crippen LogP contribution in [0.2, 0.25) is 0 Å². The van der Waals surface area contributed by atoms with Gasteiger partial charge in [-0.25, -0.2) is 0 Å². The fourth-order valence-electron chi connectivity index (χ4n) is 3.96. The van der Waals surface area contributed by atoms with Crippen molar-refractivity contribution in [1.29, 1.82) is 0 Å². The van der Waals surface area contributed by atoms with Crippen LogP contribution in [0.1, 0.15) is 37.4 Å². The number of rotatable bonds is 4. The van der Waals surface area contributed by atoms with Crippen molar-refractivity contribution in [3.05, 3.63) is 52.1 Å². The van der Waals surface area contributed by atoms with E-state index in [9.17, 15) is 35.1 Å². The number of aromatic hydroxyl groups is 1. The molecular weight excluding hydrogens is 424 g/mol. The third kappa shape index (κ3) is 3.42. The SMILES string of the molecule is COc1cc(O)c2c(c1)C(=O)c1cc(C)cc(O[C@@H]3OC(CO)[C@@H](O)[C@H](O)C3O)c1C2=O. The van der Waals surface area contributed by atoms with Crippen molar-refractivity contribution in [2.24, 2.45) is 0 Å². The normalized spacial score (nSPS) is 27.0. The molecule has 10 heteroatoms. The fraction of sp³-hybridized carbons (Fsp3) is 0.364. The molecule has 5 atom stereocenters. The summed E-state index contributed by atoms with van der Waals surface area (Å²) in [4.78, 5) is 26.5. The number of hydrogen-bond donors (Lipinski definition) is 5. The monoisotopic (exact) mass is 446 g/mol. The molecular formula is C22H22O10. The first-order valence-corrected chi connectivity index (χ1v) is 9.80. The summed E-state index contributed by atoms with van der Waals surface area (Å²) in [6.07, 6.45) is -7.73. The third-order valence-corrected chi connectivity index (χ3v) is 5.61. The molecule has 4 rings (SSSR count). The summed E-state index contributed by atoms with van der Waals surface area (Å²) in [5.41, 5.74) is 0.190. The van der Waals surface area contributed by atoms with Gasteiger partial charge in [-0.2, -0.15) is 0 Å². The first-order chi connectivity index (χ1) is 15.2. The number of ether oxygens (including phenoxy) is 3. The highest BCUT2D eigenvalue weighted by Crippen LogP contribution is 2.40. The molecule has 2 aromatic carbocycles. The Labute approximate surface area is 182 Å². The summed E-state index contributed by atoms with van der Waals surface area (Å²) < 4.78 is 16.1. The van der Waals surface area contributed by atoms with Crippen LogP contribution in [0, 0.1) is 6.92 Å². The van der Waals surface area contributed by atoms with Gasteiger partial charge in [0, 0.05) is 17.2 Å². The van der Waals surface area contributed by atoms with E-state index in [2.05, 4.69) is 0 Å². The van der Waals surface area contributed by atoms with Crippen LogP contribution < -0.4 is 9.47 Å². The van der Waals surface area contributed by atoms with Gasteiger partial charge < -0.3 is 39.7 Å². The molecule has 1 fully saturated rings. The number of phenolic OH excluding ortho intramolecular Hbond substituents is 1. The van der Waals surface area contributed by atoms with Crippen molar-refractivity contribution < 1.29 is 49.3 Å². The zero-order valence-electron chi connectivity index (χ0n) is 17.2. The number of aliphatic hydroxyl groups is 4. The molecule has 1 saturated heterocycles. The van der Waals surface area contributed by atoms with E-state index in [-0.39, 0.29) is 33.8 Å². The van der Waals surface area contributed by atoms with E-state index in [1.54, 1.807) is 6.92 Å². The Bertz CT molecular complexity index is 1090. The average molecular weight is 446 g/mol. The molecule has 1 aliphatic heterocycles. The maximum Gasteiger partial charge on any atom is 0.229 e. The Morgan fingerprint density at radius 2 is 1.62 bits per heavy atom. The average Bonchev–Trinajstić information content (AvgIpc) is 2.76. The number of hydrogen-bond acceptors (Lipinski definition) is 10. The van der Waals surface area contributed by atoms with Crippen LogP contribution in [-0.2, 0) is 4.74 Å². The second-order valence-electron chi connectivity index (χ2n) is 7.73. The van der Waals surface area contributed by atoms with Crippen molar-refractivity contribution in [2.45, 2.75) is 37.6 Å². The van der Waals surface area contributed by atoms with Crippen molar-refractivity contribution in [3.8, 4) is 17.2 Å². The molecule has 32 heavy (non-hydrogen) atoms. The van der Waals surface area contributed by atoms with Gasteiger partial charge in [0.25, 0.3) is 0 Å². The number of methoxy groups -OCH3 is 1. The minimum Gasteiger partial charge on any atom is -0.507 e. The van der Waals surface area contributed by atoms with E-state index in [0.717, 1.165) is 0 Å². The number of aliphatic hydroxyl groups excluding tert-OH is 4. The molecule has 10 nitrogen and oxygen atoms in total. The summed E-state index contributed by atoms with van der Waals surface area (Å²) in [7, 11) is 1.36. The molecule has 2 aromatic rings. The van der Waals surface area contributed by atoms with Gasteiger partial charge in [0.1, 0.15) is 41.7 Å². The minimum absolute atomic E-state index is 0.0229. The second-order valence-corrected chi connectivity index (χ2v) is 7.73. The molecule has 1 heterocycles. The Hall–Kier alpha value is -3.02. The van der Waals surface area contributed by atoms with Gasteiger partial charge in [0.15, 0.2) is 5.78 Å². The van der Waals surface area contributed by atoms with E-state index < -0.39 is 54.6 Å². The Morgan fingerprint density at radius 1 is 0.938 bits per heavy atom. The number of ketones is 2. The number of benzene rings is 2. The summed E-state index contributed by atoms with van der Waals surface area (Å²) in [5.74, 6) is -1.58. The Balaban J connectivity index is 1.79. The smallest absolute Gasteiger partial charge is 0.229 e. The molecule has 0 bridgehead atoms. The van der Waals surface area contributed by atoms with Crippen LogP contribution in [-0.4, -0.2) is 81.5 Å².